The Morgan fingerprint density at radius 3 is 3.05 bits per heavy atom. The molecule has 1 aliphatic rings. The van der Waals surface area contributed by atoms with Gasteiger partial charge in [-0.05, 0) is 24.6 Å². The van der Waals surface area contributed by atoms with Gasteiger partial charge in [0.1, 0.15) is 6.33 Å². The predicted octanol–water partition coefficient (Wildman–Crippen LogP) is 3.78. The van der Waals surface area contributed by atoms with Crippen LogP contribution in [0.15, 0.2) is 29.4 Å². The van der Waals surface area contributed by atoms with Crippen LogP contribution in [0, 0.1) is 0 Å². The number of hydrogen-bond acceptors (Lipinski definition) is 3. The highest BCUT2D eigenvalue weighted by Gasteiger charge is 2.30. The molecule has 0 aliphatic carbocycles. The first-order valence-corrected chi connectivity index (χ1v) is 7.14. The number of halogens is 1. The Morgan fingerprint density at radius 1 is 1.58 bits per heavy atom. The molecule has 0 bridgehead atoms. The first-order chi connectivity index (χ1) is 9.11. The Bertz CT molecular complexity index is 669. The minimum atomic E-state index is -0.981. The van der Waals surface area contributed by atoms with Gasteiger partial charge in [-0.2, -0.15) is 0 Å². The molecular weight excluding hydrogens is 284 g/mol. The van der Waals surface area contributed by atoms with Crippen molar-refractivity contribution < 1.29 is 9.90 Å². The van der Waals surface area contributed by atoms with Crippen molar-refractivity contribution in [2.24, 2.45) is 0 Å². The van der Waals surface area contributed by atoms with Crippen LogP contribution in [0.2, 0.25) is 5.02 Å². The summed E-state index contributed by atoms with van der Waals surface area (Å²) in [6.07, 6.45) is 2.41. The maximum absolute atomic E-state index is 11.3. The van der Waals surface area contributed by atoms with Crippen molar-refractivity contribution in [1.82, 2.24) is 9.55 Å². The number of aromatic carboxylic acids is 1. The fourth-order valence-electron chi connectivity index (χ4n) is 2.29. The molecule has 0 amide bonds. The minimum absolute atomic E-state index is 0.0829. The van der Waals surface area contributed by atoms with Crippen LogP contribution in [0.4, 0.5) is 0 Å². The van der Waals surface area contributed by atoms with Gasteiger partial charge in [0.15, 0.2) is 5.69 Å². The summed E-state index contributed by atoms with van der Waals surface area (Å²) in [6, 6.07) is 5.61. The van der Waals surface area contributed by atoms with Gasteiger partial charge < -0.3 is 9.67 Å². The molecule has 98 valence electrons. The molecule has 1 N–H and O–H groups in total. The summed E-state index contributed by atoms with van der Waals surface area (Å²) in [4.78, 5) is 16.3. The molecule has 2 heterocycles. The molecule has 0 saturated carbocycles. The Labute approximate surface area is 119 Å². The zero-order valence-electron chi connectivity index (χ0n) is 10.1. The Kier molecular flexibility index (Phi) is 3.03. The molecule has 19 heavy (non-hydrogen) atoms. The number of carboxylic acid groups (broad SMARTS) is 1. The molecular formula is C13H11ClN2O2S. The Morgan fingerprint density at radius 2 is 2.37 bits per heavy atom. The zero-order chi connectivity index (χ0) is 13.6. The number of carboxylic acids is 1. The zero-order valence-corrected chi connectivity index (χ0v) is 11.7. The molecule has 0 radical (unpaired) electrons. The van der Waals surface area contributed by atoms with E-state index < -0.39 is 5.97 Å². The number of thioether (sulfide) groups is 1. The monoisotopic (exact) mass is 294 g/mol. The van der Waals surface area contributed by atoms with Gasteiger partial charge in [-0.25, -0.2) is 9.78 Å². The minimum Gasteiger partial charge on any atom is -0.476 e. The summed E-state index contributed by atoms with van der Waals surface area (Å²) < 4.78 is 1.86. The van der Waals surface area contributed by atoms with Crippen LogP contribution in [0.5, 0.6) is 0 Å². The quantitative estimate of drug-likeness (QED) is 0.916. The lowest BCUT2D eigenvalue weighted by molar-refractivity contribution is 0.0689. The van der Waals surface area contributed by atoms with Crippen LogP contribution in [0.3, 0.4) is 0 Å². The van der Waals surface area contributed by atoms with Gasteiger partial charge in [-0.3, -0.25) is 0 Å². The van der Waals surface area contributed by atoms with Gasteiger partial charge in [0.25, 0.3) is 0 Å². The van der Waals surface area contributed by atoms with E-state index in [0.29, 0.717) is 5.02 Å². The number of carbonyl (C=O) groups is 1. The van der Waals surface area contributed by atoms with Crippen molar-refractivity contribution in [2.75, 3.05) is 0 Å². The Balaban J connectivity index is 2.25. The SMILES string of the molecule is CCC1Sc2cc(Cl)ccc2-n2cnc(C(=O)O)c21. The van der Waals surface area contributed by atoms with Crippen molar-refractivity contribution in [3.8, 4) is 5.69 Å². The van der Waals surface area contributed by atoms with E-state index in [1.54, 1.807) is 24.2 Å². The molecule has 6 heteroatoms. The van der Waals surface area contributed by atoms with Gasteiger partial charge in [0.05, 0.1) is 16.6 Å². The van der Waals surface area contributed by atoms with E-state index >= 15 is 0 Å². The van der Waals surface area contributed by atoms with Crippen molar-refractivity contribution in [2.45, 2.75) is 23.5 Å². The van der Waals surface area contributed by atoms with Crippen LogP contribution in [-0.4, -0.2) is 20.6 Å². The lowest BCUT2D eigenvalue weighted by atomic mass is 10.2. The largest absolute Gasteiger partial charge is 0.476 e. The second kappa shape index (κ2) is 4.58. The van der Waals surface area contributed by atoms with E-state index in [-0.39, 0.29) is 10.9 Å². The first kappa shape index (κ1) is 12.6. The van der Waals surface area contributed by atoms with Gasteiger partial charge in [-0.15, -0.1) is 11.8 Å². The summed E-state index contributed by atoms with van der Waals surface area (Å²) in [6.45, 7) is 2.04. The number of benzene rings is 1. The fraction of sp³-hybridized carbons (Fsp3) is 0.231. The number of fused-ring (bicyclic) bond motifs is 3. The van der Waals surface area contributed by atoms with Crippen LogP contribution in [-0.2, 0) is 0 Å². The van der Waals surface area contributed by atoms with Crippen molar-refractivity contribution in [3.05, 3.63) is 40.9 Å². The van der Waals surface area contributed by atoms with Crippen LogP contribution < -0.4 is 0 Å². The van der Waals surface area contributed by atoms with Crippen molar-refractivity contribution in [3.63, 3.8) is 0 Å². The molecule has 1 atom stereocenters. The summed E-state index contributed by atoms with van der Waals surface area (Å²) in [5, 5.41) is 10.00. The molecule has 0 spiro atoms. The van der Waals surface area contributed by atoms with Crippen LogP contribution >= 0.6 is 23.4 Å². The average Bonchev–Trinajstić information content (AvgIpc) is 2.82. The highest BCUT2D eigenvalue weighted by Crippen LogP contribution is 2.47. The topological polar surface area (TPSA) is 55.1 Å². The molecule has 1 unspecified atom stereocenters. The molecule has 4 nitrogen and oxygen atoms in total. The van der Waals surface area contributed by atoms with E-state index in [2.05, 4.69) is 4.98 Å². The van der Waals surface area contributed by atoms with Crippen molar-refractivity contribution in [1.29, 1.82) is 0 Å². The standard InChI is InChI=1S/C13H11ClN2O2S/c1-2-9-12-11(13(17)18)15-6-16(12)8-4-3-7(14)5-10(8)19-9/h3-6,9H,2H2,1H3,(H,17,18). The lowest BCUT2D eigenvalue weighted by Gasteiger charge is -2.25. The molecule has 1 aromatic carbocycles. The molecule has 3 rings (SSSR count). The summed E-state index contributed by atoms with van der Waals surface area (Å²) in [5.41, 5.74) is 1.84. The van der Waals surface area contributed by atoms with E-state index in [1.165, 1.54) is 0 Å². The van der Waals surface area contributed by atoms with E-state index in [0.717, 1.165) is 22.7 Å². The molecule has 2 aromatic rings. The number of nitrogens with zero attached hydrogens (tertiary/aromatic N) is 2. The van der Waals surface area contributed by atoms with Crippen LogP contribution in [0.1, 0.15) is 34.8 Å². The Hall–Kier alpha value is -1.46. The summed E-state index contributed by atoms with van der Waals surface area (Å²) in [5.74, 6) is -0.981. The maximum atomic E-state index is 11.3. The van der Waals surface area contributed by atoms with Gasteiger partial charge in [-0.1, -0.05) is 18.5 Å². The first-order valence-electron chi connectivity index (χ1n) is 5.89. The third-order valence-electron chi connectivity index (χ3n) is 3.13. The van der Waals surface area contributed by atoms with Crippen molar-refractivity contribution >= 4 is 29.3 Å². The number of aromatic nitrogens is 2. The molecule has 0 fully saturated rings. The van der Waals surface area contributed by atoms with Gasteiger partial charge in [0.2, 0.25) is 0 Å². The number of hydrogen-bond donors (Lipinski definition) is 1. The van der Waals surface area contributed by atoms with Gasteiger partial charge in [0, 0.05) is 9.92 Å². The fourth-order valence-corrected chi connectivity index (χ4v) is 3.82. The second-order valence-electron chi connectivity index (χ2n) is 4.28. The maximum Gasteiger partial charge on any atom is 0.356 e. The highest BCUT2D eigenvalue weighted by atomic mass is 35.5. The summed E-state index contributed by atoms with van der Waals surface area (Å²) >= 11 is 7.66. The normalized spacial score (nSPS) is 16.8. The second-order valence-corrected chi connectivity index (χ2v) is 5.96. The van der Waals surface area contributed by atoms with Gasteiger partial charge >= 0.3 is 5.97 Å². The number of imidazole rings is 1. The third kappa shape index (κ3) is 1.93. The number of rotatable bonds is 2. The molecule has 1 aromatic heterocycles. The van der Waals surface area contributed by atoms with Crippen LogP contribution in [0.25, 0.3) is 5.69 Å². The third-order valence-corrected chi connectivity index (χ3v) is 4.79. The summed E-state index contributed by atoms with van der Waals surface area (Å²) in [7, 11) is 0. The smallest absolute Gasteiger partial charge is 0.356 e. The highest BCUT2D eigenvalue weighted by molar-refractivity contribution is 7.99. The average molecular weight is 295 g/mol. The molecule has 1 aliphatic heterocycles. The predicted molar refractivity (Wildman–Crippen MR) is 74.4 cm³/mol. The van der Waals surface area contributed by atoms with E-state index in [9.17, 15) is 9.90 Å². The van der Waals surface area contributed by atoms with E-state index in [1.807, 2.05) is 23.6 Å². The molecule has 0 saturated heterocycles. The van der Waals surface area contributed by atoms with E-state index in [4.69, 9.17) is 11.6 Å². The lowest BCUT2D eigenvalue weighted by Crippen LogP contribution is -2.13.